The van der Waals surface area contributed by atoms with E-state index < -0.39 is 29.6 Å². The summed E-state index contributed by atoms with van der Waals surface area (Å²) in [5.74, 6) is -3.38. The highest BCUT2D eigenvalue weighted by atomic mass is 19.4. The van der Waals surface area contributed by atoms with Crippen LogP contribution < -0.4 is 0 Å². The van der Waals surface area contributed by atoms with Gasteiger partial charge < -0.3 is 4.52 Å². The quantitative estimate of drug-likeness (QED) is 0.635. The molecule has 1 aromatic carbocycles. The summed E-state index contributed by atoms with van der Waals surface area (Å²) >= 11 is 0. The molecule has 2 rings (SSSR count). The first-order chi connectivity index (χ1) is 10.7. The third-order valence-corrected chi connectivity index (χ3v) is 2.92. The number of carbonyl (C=O) groups is 1. The van der Waals surface area contributed by atoms with Crippen LogP contribution in [0.4, 0.5) is 17.6 Å². The topological polar surface area (TPSA) is 68.5 Å². The lowest BCUT2D eigenvalue weighted by Gasteiger charge is -2.13. The summed E-state index contributed by atoms with van der Waals surface area (Å²) in [6.07, 6.45) is -4.94. The second-order valence-corrected chi connectivity index (χ2v) is 4.49. The molecule has 0 saturated carbocycles. The van der Waals surface area contributed by atoms with E-state index in [9.17, 15) is 22.4 Å². The number of likely N-dealkylation sites (N-methyl/N-ethyl adjacent to an activating group) is 1. The van der Waals surface area contributed by atoms with E-state index in [1.54, 1.807) is 0 Å². The van der Waals surface area contributed by atoms with E-state index in [1.165, 1.54) is 26.3 Å². The molecule has 0 atom stereocenters. The predicted octanol–water partition coefficient (Wildman–Crippen LogP) is 2.46. The highest BCUT2D eigenvalue weighted by Gasteiger charge is 2.38. The van der Waals surface area contributed by atoms with E-state index in [0.29, 0.717) is 5.56 Å². The van der Waals surface area contributed by atoms with Gasteiger partial charge in [-0.15, -0.1) is 0 Å². The molecule has 0 saturated heterocycles. The van der Waals surface area contributed by atoms with Crippen LogP contribution in [0.25, 0.3) is 11.4 Å². The van der Waals surface area contributed by atoms with Crippen molar-refractivity contribution >= 4 is 5.91 Å². The third-order valence-electron chi connectivity index (χ3n) is 2.92. The van der Waals surface area contributed by atoms with Crippen LogP contribution in [0, 0.1) is 5.82 Å². The number of hydroxylamine groups is 2. The van der Waals surface area contributed by atoms with Gasteiger partial charge >= 0.3 is 12.1 Å². The number of alkyl halides is 3. The van der Waals surface area contributed by atoms with Gasteiger partial charge in [0.15, 0.2) is 0 Å². The number of halogens is 4. The van der Waals surface area contributed by atoms with Crippen molar-refractivity contribution in [2.75, 3.05) is 14.2 Å². The normalized spacial score (nSPS) is 11.6. The molecule has 0 bridgehead atoms. The first-order valence-electron chi connectivity index (χ1n) is 6.22. The number of benzene rings is 1. The van der Waals surface area contributed by atoms with Crippen molar-refractivity contribution in [3.8, 4) is 11.4 Å². The fourth-order valence-electron chi connectivity index (χ4n) is 1.69. The first-order valence-corrected chi connectivity index (χ1v) is 6.22. The molecule has 0 aliphatic heterocycles. The summed E-state index contributed by atoms with van der Waals surface area (Å²) in [4.78, 5) is 19.4. The van der Waals surface area contributed by atoms with E-state index in [2.05, 4.69) is 14.7 Å². The number of hydrogen-bond donors (Lipinski definition) is 0. The fourth-order valence-corrected chi connectivity index (χ4v) is 1.69. The van der Waals surface area contributed by atoms with Gasteiger partial charge in [0.05, 0.1) is 19.1 Å². The van der Waals surface area contributed by atoms with Crippen LogP contribution in [-0.2, 0) is 22.2 Å². The van der Waals surface area contributed by atoms with Gasteiger partial charge in [-0.2, -0.15) is 18.2 Å². The second-order valence-electron chi connectivity index (χ2n) is 4.49. The molecule has 10 heteroatoms. The van der Waals surface area contributed by atoms with Gasteiger partial charge in [0.1, 0.15) is 5.82 Å². The number of hydrogen-bond acceptors (Lipinski definition) is 5. The van der Waals surface area contributed by atoms with E-state index >= 15 is 0 Å². The van der Waals surface area contributed by atoms with Gasteiger partial charge in [-0.3, -0.25) is 9.63 Å². The standard InChI is InChI=1S/C13H11F4N3O3/c1-20(22-2)10(21)6-7-3-4-8(9(14)5-7)11-18-12(23-19-11)13(15,16)17/h3-5H,6H2,1-2H3. The summed E-state index contributed by atoms with van der Waals surface area (Å²) in [6.45, 7) is 0. The smallest absolute Gasteiger partial charge is 0.329 e. The minimum atomic E-state index is -4.81. The fraction of sp³-hybridized carbons (Fsp3) is 0.308. The van der Waals surface area contributed by atoms with Crippen molar-refractivity contribution in [3.05, 3.63) is 35.5 Å². The molecule has 0 N–H and O–H groups in total. The number of amides is 1. The van der Waals surface area contributed by atoms with E-state index in [1.807, 2.05) is 0 Å². The number of nitrogens with zero attached hydrogens (tertiary/aromatic N) is 3. The van der Waals surface area contributed by atoms with Crippen LogP contribution >= 0.6 is 0 Å². The number of aromatic nitrogens is 2. The van der Waals surface area contributed by atoms with Gasteiger partial charge in [-0.05, 0) is 17.7 Å². The van der Waals surface area contributed by atoms with Crippen LogP contribution in [-0.4, -0.2) is 35.3 Å². The maximum Gasteiger partial charge on any atom is 0.471 e. The zero-order chi connectivity index (χ0) is 17.2. The van der Waals surface area contributed by atoms with Crippen LogP contribution in [0.2, 0.25) is 0 Å². The monoisotopic (exact) mass is 333 g/mol. The summed E-state index contributed by atoms with van der Waals surface area (Å²) in [6, 6.07) is 3.57. The Morgan fingerprint density at radius 1 is 1.39 bits per heavy atom. The molecular weight excluding hydrogens is 322 g/mol. The summed E-state index contributed by atoms with van der Waals surface area (Å²) < 4.78 is 55.2. The molecule has 124 valence electrons. The lowest BCUT2D eigenvalue weighted by atomic mass is 10.1. The molecule has 1 aromatic heterocycles. The molecular formula is C13H11F4N3O3. The summed E-state index contributed by atoms with van der Waals surface area (Å²) in [5.41, 5.74) is 0.0558. The minimum Gasteiger partial charge on any atom is -0.329 e. The summed E-state index contributed by atoms with van der Waals surface area (Å²) in [5, 5.41) is 4.08. The van der Waals surface area contributed by atoms with Gasteiger partial charge in [0.25, 0.3) is 0 Å². The van der Waals surface area contributed by atoms with Crippen LogP contribution in [0.3, 0.4) is 0 Å². The first kappa shape index (κ1) is 16.9. The zero-order valence-electron chi connectivity index (χ0n) is 12.0. The second kappa shape index (κ2) is 6.32. The van der Waals surface area contributed by atoms with E-state index in [-0.39, 0.29) is 12.0 Å². The highest BCUT2D eigenvalue weighted by molar-refractivity contribution is 5.77. The van der Waals surface area contributed by atoms with E-state index in [4.69, 9.17) is 4.84 Å². The molecule has 0 aliphatic carbocycles. The molecule has 0 aliphatic rings. The lowest BCUT2D eigenvalue weighted by Crippen LogP contribution is -2.26. The van der Waals surface area contributed by atoms with Gasteiger partial charge in [0.2, 0.25) is 11.7 Å². The Kier molecular flexibility index (Phi) is 4.64. The van der Waals surface area contributed by atoms with Gasteiger partial charge in [-0.25, -0.2) is 9.45 Å². The van der Waals surface area contributed by atoms with Gasteiger partial charge in [0, 0.05) is 7.05 Å². The van der Waals surface area contributed by atoms with Crippen molar-refractivity contribution in [1.82, 2.24) is 15.2 Å². The molecule has 1 heterocycles. The van der Waals surface area contributed by atoms with Crippen molar-refractivity contribution in [2.24, 2.45) is 0 Å². The van der Waals surface area contributed by atoms with Crippen molar-refractivity contribution < 1.29 is 31.7 Å². The Labute approximate surface area is 127 Å². The Balaban J connectivity index is 2.23. The molecule has 23 heavy (non-hydrogen) atoms. The van der Waals surface area contributed by atoms with Crippen LogP contribution in [0.5, 0.6) is 0 Å². The average molecular weight is 333 g/mol. The van der Waals surface area contributed by atoms with Gasteiger partial charge in [-0.1, -0.05) is 11.2 Å². The zero-order valence-corrected chi connectivity index (χ0v) is 12.0. The van der Waals surface area contributed by atoms with Crippen molar-refractivity contribution in [1.29, 1.82) is 0 Å². The predicted molar refractivity (Wildman–Crippen MR) is 68.2 cm³/mol. The van der Waals surface area contributed by atoms with Crippen molar-refractivity contribution in [2.45, 2.75) is 12.6 Å². The van der Waals surface area contributed by atoms with Crippen LogP contribution in [0.15, 0.2) is 22.7 Å². The largest absolute Gasteiger partial charge is 0.471 e. The molecule has 0 spiro atoms. The average Bonchev–Trinajstić information content (AvgIpc) is 2.96. The van der Waals surface area contributed by atoms with E-state index in [0.717, 1.165) is 11.1 Å². The maximum absolute atomic E-state index is 14.0. The lowest BCUT2D eigenvalue weighted by molar-refractivity contribution is -0.167. The Morgan fingerprint density at radius 2 is 2.09 bits per heavy atom. The third kappa shape index (κ3) is 3.83. The molecule has 2 aromatic rings. The Morgan fingerprint density at radius 3 is 2.61 bits per heavy atom. The minimum absolute atomic E-state index is 0.137. The molecule has 0 unspecified atom stereocenters. The number of rotatable bonds is 4. The Hall–Kier alpha value is -2.49. The molecule has 0 radical (unpaired) electrons. The Bertz CT molecular complexity index is 715. The van der Waals surface area contributed by atoms with Crippen molar-refractivity contribution in [3.63, 3.8) is 0 Å². The SMILES string of the molecule is CON(C)C(=O)Cc1ccc(-c2noc(C(F)(F)F)n2)c(F)c1. The number of carbonyl (C=O) groups excluding carboxylic acids is 1. The molecule has 0 fully saturated rings. The van der Waals surface area contributed by atoms with Crippen LogP contribution in [0.1, 0.15) is 11.5 Å². The summed E-state index contributed by atoms with van der Waals surface area (Å²) in [7, 11) is 2.70. The maximum atomic E-state index is 14.0. The molecule has 1 amide bonds. The highest BCUT2D eigenvalue weighted by Crippen LogP contribution is 2.30. The molecule has 6 nitrogen and oxygen atoms in total.